The molecule has 0 aliphatic carbocycles. The SMILES string of the molecule is [C-]#[N+]C([N+]#[C-])=c1ccc(=c2ccc(=C(C#N)C#N)cc2)cc1. The molecule has 0 spiro atoms. The van der Waals surface area contributed by atoms with Gasteiger partial charge in [0.05, 0.1) is 5.22 Å². The summed E-state index contributed by atoms with van der Waals surface area (Å²) >= 11 is 0. The van der Waals surface area contributed by atoms with Gasteiger partial charge in [-0.25, -0.2) is 0 Å². The Bertz CT molecular complexity index is 944. The van der Waals surface area contributed by atoms with E-state index in [0.717, 1.165) is 10.4 Å². The fraction of sp³-hybridized carbons (Fsp3) is 0. The molecule has 0 amide bonds. The number of hydrogen-bond donors (Lipinski definition) is 0. The third-order valence-electron chi connectivity index (χ3n) is 3.09. The normalized spacial score (nSPS) is 8.73. The average Bonchev–Trinajstić information content (AvgIpc) is 2.58. The molecule has 2 aromatic rings. The van der Waals surface area contributed by atoms with Crippen LogP contribution in [0.3, 0.4) is 0 Å². The summed E-state index contributed by atoms with van der Waals surface area (Å²) < 4.78 is 0. The molecule has 0 aliphatic rings. The van der Waals surface area contributed by atoms with E-state index in [1.165, 1.54) is 0 Å². The molecule has 0 N–H and O–H groups in total. The summed E-state index contributed by atoms with van der Waals surface area (Å²) in [5.41, 5.74) is 0.0789. The van der Waals surface area contributed by atoms with Crippen molar-refractivity contribution in [3.63, 3.8) is 0 Å². The Morgan fingerprint density at radius 3 is 1.50 bits per heavy atom. The van der Waals surface area contributed by atoms with Gasteiger partial charge in [0.2, 0.25) is 0 Å². The van der Waals surface area contributed by atoms with Crippen molar-refractivity contribution in [2.75, 3.05) is 0 Å². The summed E-state index contributed by atoms with van der Waals surface area (Å²) in [5, 5.41) is 20.7. The van der Waals surface area contributed by atoms with E-state index in [1.54, 1.807) is 24.3 Å². The predicted octanol–water partition coefficient (Wildman–Crippen LogP) is 2.08. The Labute approximate surface area is 127 Å². The van der Waals surface area contributed by atoms with Crippen molar-refractivity contribution in [1.29, 1.82) is 10.5 Å². The van der Waals surface area contributed by atoms with Gasteiger partial charge in [-0.05, 0) is 10.4 Å². The van der Waals surface area contributed by atoms with Gasteiger partial charge in [0.1, 0.15) is 30.9 Å². The molecule has 4 nitrogen and oxygen atoms in total. The molecule has 2 aromatic carbocycles. The zero-order valence-electron chi connectivity index (χ0n) is 11.4. The molecule has 0 heterocycles. The van der Waals surface area contributed by atoms with Crippen LogP contribution in [0.2, 0.25) is 0 Å². The van der Waals surface area contributed by atoms with E-state index >= 15 is 0 Å². The first-order valence-corrected chi connectivity index (χ1v) is 6.23. The first kappa shape index (κ1) is 14.5. The van der Waals surface area contributed by atoms with Crippen LogP contribution in [-0.2, 0) is 0 Å². The molecule has 4 heteroatoms. The van der Waals surface area contributed by atoms with Gasteiger partial charge < -0.3 is 0 Å². The zero-order valence-corrected chi connectivity index (χ0v) is 11.4. The Morgan fingerprint density at radius 1 is 0.727 bits per heavy atom. The van der Waals surface area contributed by atoms with Crippen molar-refractivity contribution in [2.24, 2.45) is 0 Å². The molecular weight excluding hydrogens is 272 g/mol. The second kappa shape index (κ2) is 6.53. The monoisotopic (exact) mass is 280 g/mol. The molecule has 0 aliphatic heterocycles. The molecule has 22 heavy (non-hydrogen) atoms. The van der Waals surface area contributed by atoms with E-state index in [1.807, 2.05) is 36.4 Å². The summed E-state index contributed by atoms with van der Waals surface area (Å²) in [6.45, 7) is 13.9. The van der Waals surface area contributed by atoms with Crippen LogP contribution in [0, 0.1) is 46.2 Å². The first-order valence-electron chi connectivity index (χ1n) is 6.23. The highest BCUT2D eigenvalue weighted by atomic mass is 14.9. The first-order chi connectivity index (χ1) is 10.7. The Hall–Kier alpha value is -3.86. The Balaban J connectivity index is 2.70. The third kappa shape index (κ3) is 2.83. The second-order valence-corrected chi connectivity index (χ2v) is 4.30. The molecule has 0 aromatic heterocycles. The zero-order chi connectivity index (χ0) is 15.9. The van der Waals surface area contributed by atoms with Crippen LogP contribution in [0.15, 0.2) is 48.5 Å². The fourth-order valence-electron chi connectivity index (χ4n) is 1.95. The van der Waals surface area contributed by atoms with Crippen molar-refractivity contribution in [2.45, 2.75) is 0 Å². The second-order valence-electron chi connectivity index (χ2n) is 4.30. The highest BCUT2D eigenvalue weighted by molar-refractivity contribution is 5.72. The van der Waals surface area contributed by atoms with Crippen LogP contribution in [-0.4, -0.2) is 0 Å². The van der Waals surface area contributed by atoms with E-state index in [0.29, 0.717) is 10.4 Å². The van der Waals surface area contributed by atoms with Gasteiger partial charge in [0.15, 0.2) is 0 Å². The molecule has 0 fully saturated rings. The van der Waals surface area contributed by atoms with Gasteiger partial charge in [0, 0.05) is 5.22 Å². The van der Waals surface area contributed by atoms with Crippen LogP contribution in [0.1, 0.15) is 0 Å². The van der Waals surface area contributed by atoms with E-state index < -0.39 is 0 Å². The standard InChI is InChI=1S/C18H8N4/c1-21-18(22-2)16-9-7-14(8-10-16)13-3-5-15(6-4-13)17(11-19)12-20/h3-10H. The third-order valence-corrected chi connectivity index (χ3v) is 3.09. The van der Waals surface area contributed by atoms with Crippen molar-refractivity contribution < 1.29 is 0 Å². The van der Waals surface area contributed by atoms with E-state index in [9.17, 15) is 0 Å². The van der Waals surface area contributed by atoms with Crippen LogP contribution in [0.25, 0.3) is 21.1 Å². The van der Waals surface area contributed by atoms with Gasteiger partial charge in [-0.3, -0.25) is 0 Å². The molecular formula is C18H8N4. The molecule has 0 radical (unpaired) electrons. The highest BCUT2D eigenvalue weighted by Gasteiger charge is 2.02. The number of nitriles is 2. The van der Waals surface area contributed by atoms with Crippen LogP contribution >= 0.6 is 0 Å². The predicted molar refractivity (Wildman–Crippen MR) is 81.1 cm³/mol. The molecule has 100 valence electrons. The van der Waals surface area contributed by atoms with Crippen molar-refractivity contribution in [1.82, 2.24) is 0 Å². The summed E-state index contributed by atoms with van der Waals surface area (Å²) in [6, 6.07) is 17.9. The van der Waals surface area contributed by atoms with Gasteiger partial charge in [-0.15, -0.1) is 0 Å². The minimum atomic E-state index is 0.0455. The molecule has 0 atom stereocenters. The lowest BCUT2D eigenvalue weighted by molar-refractivity contribution is 1.43. The minimum Gasteiger partial charge on any atom is -0.192 e. The quantitative estimate of drug-likeness (QED) is 0.694. The van der Waals surface area contributed by atoms with Crippen LogP contribution in [0.4, 0.5) is 0 Å². The topological polar surface area (TPSA) is 56.3 Å². The van der Waals surface area contributed by atoms with Crippen LogP contribution in [0.5, 0.6) is 0 Å². The largest absolute Gasteiger partial charge is 0.526 e. The molecule has 0 saturated heterocycles. The summed E-state index contributed by atoms with van der Waals surface area (Å²) in [5.74, 6) is 0.0455. The molecule has 2 rings (SSSR count). The lowest BCUT2D eigenvalue weighted by atomic mass is 10.1. The van der Waals surface area contributed by atoms with Crippen LogP contribution < -0.4 is 10.4 Å². The summed E-state index contributed by atoms with van der Waals surface area (Å²) in [6.07, 6.45) is 0. The maximum Gasteiger partial charge on any atom is 0.526 e. The van der Waals surface area contributed by atoms with E-state index in [-0.39, 0.29) is 11.4 Å². The summed E-state index contributed by atoms with van der Waals surface area (Å²) in [4.78, 5) is 6.35. The molecule has 0 unspecified atom stereocenters. The summed E-state index contributed by atoms with van der Waals surface area (Å²) in [7, 11) is 0. The van der Waals surface area contributed by atoms with Gasteiger partial charge in [0.25, 0.3) is 0 Å². The van der Waals surface area contributed by atoms with Gasteiger partial charge >= 0.3 is 5.82 Å². The molecule has 0 bridgehead atoms. The number of rotatable bonds is 0. The van der Waals surface area contributed by atoms with Crippen molar-refractivity contribution >= 4 is 11.4 Å². The van der Waals surface area contributed by atoms with Crippen molar-refractivity contribution in [3.8, 4) is 12.1 Å². The smallest absolute Gasteiger partial charge is 0.192 e. The Kier molecular flexibility index (Phi) is 4.32. The van der Waals surface area contributed by atoms with Gasteiger partial charge in [-0.2, -0.15) is 20.2 Å². The Morgan fingerprint density at radius 2 is 1.14 bits per heavy atom. The maximum absolute atomic E-state index is 8.83. The van der Waals surface area contributed by atoms with E-state index in [4.69, 9.17) is 23.7 Å². The number of hydrogen-bond acceptors (Lipinski definition) is 2. The van der Waals surface area contributed by atoms with Gasteiger partial charge in [-0.1, -0.05) is 48.5 Å². The fourth-order valence-corrected chi connectivity index (χ4v) is 1.95. The maximum atomic E-state index is 8.83. The number of nitrogens with zero attached hydrogens (tertiary/aromatic N) is 4. The minimum absolute atomic E-state index is 0.0455. The lowest BCUT2D eigenvalue weighted by Gasteiger charge is -1.90. The number of benzene rings is 2. The van der Waals surface area contributed by atoms with E-state index in [2.05, 4.69) is 9.69 Å². The van der Waals surface area contributed by atoms with Crippen molar-refractivity contribution in [3.05, 3.63) is 92.2 Å². The lowest BCUT2D eigenvalue weighted by Crippen LogP contribution is -2.02. The highest BCUT2D eigenvalue weighted by Crippen LogP contribution is 1.98. The molecule has 0 saturated carbocycles. The average molecular weight is 280 g/mol.